The lowest BCUT2D eigenvalue weighted by molar-refractivity contribution is 0.804. The van der Waals surface area contributed by atoms with E-state index in [1.807, 2.05) is 42.1 Å². The van der Waals surface area contributed by atoms with Crippen molar-refractivity contribution in [3.8, 4) is 0 Å². The van der Waals surface area contributed by atoms with Gasteiger partial charge in [0.25, 0.3) is 0 Å². The molecule has 2 aromatic carbocycles. The minimum Gasteiger partial charge on any atom is -0.353 e. The minimum absolute atomic E-state index is 0.222. The average Bonchev–Trinajstić information content (AvgIpc) is 2.76. The molecule has 0 aliphatic carbocycles. The number of thioether (sulfide) groups is 1. The maximum atomic E-state index is 5.30. The van der Waals surface area contributed by atoms with Crippen LogP contribution in [0.3, 0.4) is 0 Å². The van der Waals surface area contributed by atoms with Crippen LogP contribution in [0.4, 0.5) is 11.4 Å². The van der Waals surface area contributed by atoms with Gasteiger partial charge in [-0.3, -0.25) is 0 Å². The predicted molar refractivity (Wildman–Crippen MR) is 75.0 cm³/mol. The molecule has 0 heterocycles. The van der Waals surface area contributed by atoms with Gasteiger partial charge in [0.1, 0.15) is 0 Å². The maximum Gasteiger partial charge on any atom is 0.0781 e. The second-order valence-corrected chi connectivity index (χ2v) is 6.98. The highest BCUT2D eigenvalue weighted by Crippen LogP contribution is 2.47. The molecule has 0 saturated heterocycles. The fourth-order valence-corrected chi connectivity index (χ4v) is 2.74. The fraction of sp³-hybridized carbons (Fsp3) is 0.308. The van der Waals surface area contributed by atoms with E-state index in [1.54, 1.807) is 0 Å². The summed E-state index contributed by atoms with van der Waals surface area (Å²) in [7, 11) is 0. The van der Waals surface area contributed by atoms with Crippen LogP contribution in [0.5, 0.6) is 0 Å². The Morgan fingerprint density at radius 2 is 1.75 bits per heavy atom. The molecule has 1 nitrogen and oxygen atoms in total. The summed E-state index contributed by atoms with van der Waals surface area (Å²) >= 11 is 7.13. The first kappa shape index (κ1) is 11.7. The van der Waals surface area contributed by atoms with Gasteiger partial charge in [-0.25, -0.2) is 0 Å². The molecule has 0 aromatic heterocycles. The van der Waals surface area contributed by atoms with Crippen LogP contribution in [0, 0.1) is 4.51 Å². The second-order valence-electron chi connectivity index (χ2n) is 4.74. The van der Waals surface area contributed by atoms with Gasteiger partial charge in [0.2, 0.25) is 0 Å². The molecule has 3 heteroatoms. The highest BCUT2D eigenvalue weighted by molar-refractivity contribution is 8.01. The van der Waals surface area contributed by atoms with Crippen LogP contribution < -0.4 is 5.32 Å². The van der Waals surface area contributed by atoms with Crippen molar-refractivity contribution in [2.45, 2.75) is 30.4 Å². The molecule has 0 atom stereocenters. The number of benzene rings is 1. The normalized spacial score (nSPS) is 11.9. The number of hydrogen-bond donors (Lipinski definition) is 1. The van der Waals surface area contributed by atoms with Crippen molar-refractivity contribution in [1.82, 2.24) is 0 Å². The van der Waals surface area contributed by atoms with Crippen molar-refractivity contribution in [1.29, 1.82) is 0 Å². The van der Waals surface area contributed by atoms with Gasteiger partial charge in [-0.05, 0) is 12.1 Å². The fourth-order valence-electron chi connectivity index (χ4n) is 1.34. The van der Waals surface area contributed by atoms with Gasteiger partial charge in [0.05, 0.1) is 15.1 Å². The number of hydrogen-bond acceptors (Lipinski definition) is 3. The first-order valence-corrected chi connectivity index (χ1v) is 6.50. The molecule has 16 heavy (non-hydrogen) atoms. The Kier molecular flexibility index (Phi) is 3.08. The molecule has 0 bridgehead atoms. The highest BCUT2D eigenvalue weighted by atomic mass is 32.2. The summed E-state index contributed by atoms with van der Waals surface area (Å²) in [5, 5.41) is 3.36. The van der Waals surface area contributed by atoms with E-state index >= 15 is 0 Å². The van der Waals surface area contributed by atoms with Crippen molar-refractivity contribution in [2.75, 3.05) is 5.32 Å². The van der Waals surface area contributed by atoms with Gasteiger partial charge >= 0.3 is 0 Å². The minimum atomic E-state index is 0.222. The lowest BCUT2D eigenvalue weighted by Gasteiger charge is -2.14. The third-order valence-electron chi connectivity index (χ3n) is 2.05. The zero-order valence-corrected chi connectivity index (χ0v) is 11.3. The Labute approximate surface area is 106 Å². The third kappa shape index (κ3) is 2.86. The van der Waals surface area contributed by atoms with Crippen LogP contribution in [-0.2, 0) is 0 Å². The predicted octanol–water partition coefficient (Wildman–Crippen LogP) is 4.93. The van der Waals surface area contributed by atoms with E-state index in [-0.39, 0.29) is 4.75 Å². The molecule has 0 spiro atoms. The molecule has 2 rings (SSSR count). The van der Waals surface area contributed by atoms with Gasteiger partial charge in [-0.2, -0.15) is 0 Å². The first-order chi connectivity index (χ1) is 7.47. The summed E-state index contributed by atoms with van der Waals surface area (Å²) in [6.45, 7) is 6.60. The summed E-state index contributed by atoms with van der Waals surface area (Å²) in [6.07, 6.45) is 0. The molecule has 2 aromatic rings. The summed E-state index contributed by atoms with van der Waals surface area (Å²) in [6, 6.07) is 10.1. The van der Waals surface area contributed by atoms with E-state index in [0.717, 1.165) is 15.9 Å². The Hall–Kier alpha value is -0.800. The zero-order valence-electron chi connectivity index (χ0n) is 9.70. The lowest BCUT2D eigenvalue weighted by Crippen LogP contribution is -2.05. The molecule has 84 valence electrons. The van der Waals surface area contributed by atoms with Crippen LogP contribution in [0.25, 0.3) is 0 Å². The quantitative estimate of drug-likeness (QED) is 0.612. The van der Waals surface area contributed by atoms with Crippen molar-refractivity contribution in [3.63, 3.8) is 0 Å². The monoisotopic (exact) mass is 249 g/mol. The van der Waals surface area contributed by atoms with Gasteiger partial charge in [-0.15, -0.1) is 11.8 Å². The molecule has 0 aliphatic rings. The smallest absolute Gasteiger partial charge is 0.0781 e. The SMILES string of the molecule is CC(C)(C)Sc1c(Nc2ccccc2)c1=S. The Bertz CT molecular complexity index is 487. The van der Waals surface area contributed by atoms with Crippen molar-refractivity contribution in [2.24, 2.45) is 0 Å². The van der Waals surface area contributed by atoms with Gasteiger partial charge in [-0.1, -0.05) is 51.2 Å². The van der Waals surface area contributed by atoms with E-state index in [9.17, 15) is 0 Å². The number of para-hydroxylation sites is 1. The maximum absolute atomic E-state index is 5.30. The molecule has 0 amide bonds. The number of rotatable bonds is 3. The Morgan fingerprint density at radius 1 is 1.12 bits per heavy atom. The standard InChI is InChI=1S/C13H15NS2/c1-13(2,3)16-12-10(11(12)15)14-9-7-5-4-6-8-9/h4-8,14H,1-3H3. The topological polar surface area (TPSA) is 12.0 Å². The zero-order chi connectivity index (χ0) is 11.8. The largest absolute Gasteiger partial charge is 0.353 e. The van der Waals surface area contributed by atoms with E-state index < -0.39 is 0 Å². The molecule has 0 unspecified atom stereocenters. The molecule has 0 radical (unpaired) electrons. The van der Waals surface area contributed by atoms with Crippen LogP contribution >= 0.6 is 24.0 Å². The lowest BCUT2D eigenvalue weighted by atomic mass is 10.3. The second kappa shape index (κ2) is 4.22. The van der Waals surface area contributed by atoms with Crippen LogP contribution in [-0.4, -0.2) is 4.75 Å². The van der Waals surface area contributed by atoms with Crippen LogP contribution in [0.2, 0.25) is 0 Å². The molecule has 0 aliphatic heterocycles. The van der Waals surface area contributed by atoms with E-state index in [0.29, 0.717) is 0 Å². The Balaban J connectivity index is 2.06. The van der Waals surface area contributed by atoms with Gasteiger partial charge < -0.3 is 5.32 Å². The summed E-state index contributed by atoms with van der Waals surface area (Å²) in [5.74, 6) is 0. The van der Waals surface area contributed by atoms with Crippen molar-refractivity contribution >= 4 is 35.4 Å². The average molecular weight is 249 g/mol. The van der Waals surface area contributed by atoms with E-state index in [2.05, 4.69) is 26.1 Å². The first-order valence-electron chi connectivity index (χ1n) is 5.27. The van der Waals surface area contributed by atoms with Crippen LogP contribution in [0.1, 0.15) is 20.8 Å². The molecule has 1 N–H and O–H groups in total. The summed E-state index contributed by atoms with van der Waals surface area (Å²) in [4.78, 5) is 1.24. The van der Waals surface area contributed by atoms with Crippen molar-refractivity contribution in [3.05, 3.63) is 34.8 Å². The van der Waals surface area contributed by atoms with E-state index in [4.69, 9.17) is 12.2 Å². The molecular formula is C13H15NS2. The summed E-state index contributed by atoms with van der Waals surface area (Å²) < 4.78 is 1.21. The molecule has 0 fully saturated rings. The molecular weight excluding hydrogens is 234 g/mol. The molecule has 0 saturated carbocycles. The van der Waals surface area contributed by atoms with Crippen molar-refractivity contribution < 1.29 is 0 Å². The van der Waals surface area contributed by atoms with E-state index in [1.165, 1.54) is 4.90 Å². The summed E-state index contributed by atoms with van der Waals surface area (Å²) in [5.41, 5.74) is 2.23. The van der Waals surface area contributed by atoms with Gasteiger partial charge in [0.15, 0.2) is 0 Å². The highest BCUT2D eigenvalue weighted by Gasteiger charge is 2.24. The number of anilines is 2. The van der Waals surface area contributed by atoms with Crippen LogP contribution in [0.15, 0.2) is 35.2 Å². The van der Waals surface area contributed by atoms with Gasteiger partial charge in [0, 0.05) is 10.4 Å². The Morgan fingerprint density at radius 3 is 2.31 bits per heavy atom. The number of nitrogens with one attached hydrogen (secondary N) is 1. The third-order valence-corrected chi connectivity index (χ3v) is 3.81.